The highest BCUT2D eigenvalue weighted by Gasteiger charge is 2.32. The molecule has 1 atom stereocenters. The molecule has 0 fully saturated rings. The fourth-order valence-corrected chi connectivity index (χ4v) is 6.26. The van der Waals surface area contributed by atoms with Gasteiger partial charge in [0.05, 0.1) is 6.42 Å². The van der Waals surface area contributed by atoms with E-state index in [-0.39, 0.29) is 19.5 Å². The topological polar surface area (TPSA) is 100 Å². The van der Waals surface area contributed by atoms with E-state index in [9.17, 15) is 13.2 Å². The van der Waals surface area contributed by atoms with Gasteiger partial charge < -0.3 is 5.11 Å². The summed E-state index contributed by atoms with van der Waals surface area (Å²) < 4.78 is 29.2. The molecule has 0 aliphatic heterocycles. The molecule has 184 valence electrons. The van der Waals surface area contributed by atoms with Gasteiger partial charge in [-0.25, -0.2) is 13.4 Å². The SMILES string of the molecule is C=CC(c1cccnc1)S(=O)(=O)N(Cc1ccc(-c2nccs2)cc1)Cc1cccc(CC(=O)O)c1. The molecule has 0 aliphatic carbocycles. The molecular formula is C27H25N3O4S2. The number of hydrogen-bond acceptors (Lipinski definition) is 6. The van der Waals surface area contributed by atoms with E-state index in [2.05, 4.69) is 16.5 Å². The van der Waals surface area contributed by atoms with E-state index in [0.717, 1.165) is 16.1 Å². The number of rotatable bonds is 11. The van der Waals surface area contributed by atoms with Gasteiger partial charge in [-0.15, -0.1) is 17.9 Å². The van der Waals surface area contributed by atoms with Gasteiger partial charge in [-0.1, -0.05) is 60.7 Å². The molecule has 0 amide bonds. The average Bonchev–Trinajstić information content (AvgIpc) is 3.40. The van der Waals surface area contributed by atoms with Crippen molar-refractivity contribution in [3.63, 3.8) is 0 Å². The first-order valence-electron chi connectivity index (χ1n) is 11.2. The van der Waals surface area contributed by atoms with Crippen LogP contribution < -0.4 is 0 Å². The van der Waals surface area contributed by atoms with Gasteiger partial charge in [-0.3, -0.25) is 9.78 Å². The highest BCUT2D eigenvalue weighted by atomic mass is 32.2. The van der Waals surface area contributed by atoms with Gasteiger partial charge in [-0.2, -0.15) is 4.31 Å². The molecular weight excluding hydrogens is 494 g/mol. The Balaban J connectivity index is 1.67. The Bertz CT molecular complexity index is 1420. The van der Waals surface area contributed by atoms with E-state index < -0.39 is 21.2 Å². The van der Waals surface area contributed by atoms with Crippen LogP contribution in [0.25, 0.3) is 10.6 Å². The minimum atomic E-state index is -3.90. The molecule has 0 aliphatic rings. The van der Waals surface area contributed by atoms with Crippen LogP contribution in [0.1, 0.15) is 27.5 Å². The summed E-state index contributed by atoms with van der Waals surface area (Å²) in [6, 6.07) is 18.0. The van der Waals surface area contributed by atoms with E-state index in [1.54, 1.807) is 48.8 Å². The summed E-state index contributed by atoms with van der Waals surface area (Å²) in [6.07, 6.45) is 6.13. The van der Waals surface area contributed by atoms with E-state index in [1.807, 2.05) is 29.6 Å². The molecule has 1 unspecified atom stereocenters. The maximum atomic E-state index is 13.9. The first-order valence-corrected chi connectivity index (χ1v) is 13.5. The molecule has 1 N–H and O–H groups in total. The number of aromatic nitrogens is 2. The third-order valence-electron chi connectivity index (χ3n) is 5.61. The molecule has 7 nitrogen and oxygen atoms in total. The smallest absolute Gasteiger partial charge is 0.307 e. The molecule has 2 heterocycles. The second-order valence-electron chi connectivity index (χ2n) is 8.18. The highest BCUT2D eigenvalue weighted by Crippen LogP contribution is 2.30. The van der Waals surface area contributed by atoms with Crippen LogP contribution in [0, 0.1) is 0 Å². The van der Waals surface area contributed by atoms with E-state index in [0.29, 0.717) is 16.7 Å². The number of sulfonamides is 1. The summed E-state index contributed by atoms with van der Waals surface area (Å²) in [5.74, 6) is -0.944. The Kier molecular flexibility index (Phi) is 8.04. The van der Waals surface area contributed by atoms with Crippen molar-refractivity contribution in [2.75, 3.05) is 0 Å². The predicted molar refractivity (Wildman–Crippen MR) is 141 cm³/mol. The molecule has 4 aromatic rings. The van der Waals surface area contributed by atoms with Crippen LogP contribution in [0.15, 0.2) is 97.3 Å². The molecule has 9 heteroatoms. The van der Waals surface area contributed by atoms with Gasteiger partial charge in [-0.05, 0) is 28.3 Å². The number of carbonyl (C=O) groups is 1. The summed E-state index contributed by atoms with van der Waals surface area (Å²) in [7, 11) is -3.90. The number of thiazole rings is 1. The van der Waals surface area contributed by atoms with Crippen molar-refractivity contribution < 1.29 is 18.3 Å². The van der Waals surface area contributed by atoms with Crippen LogP contribution in [-0.2, 0) is 34.3 Å². The van der Waals surface area contributed by atoms with Gasteiger partial charge in [0.2, 0.25) is 10.0 Å². The second kappa shape index (κ2) is 11.4. The molecule has 0 spiro atoms. The summed E-state index contributed by atoms with van der Waals surface area (Å²) >= 11 is 1.54. The summed E-state index contributed by atoms with van der Waals surface area (Å²) in [5.41, 5.74) is 3.61. The predicted octanol–water partition coefficient (Wildman–Crippen LogP) is 5.09. The Morgan fingerprint density at radius 3 is 2.42 bits per heavy atom. The molecule has 0 saturated carbocycles. The number of carboxylic acid groups (broad SMARTS) is 1. The Labute approximate surface area is 214 Å². The molecule has 2 aromatic heterocycles. The zero-order valence-electron chi connectivity index (χ0n) is 19.4. The molecule has 0 radical (unpaired) electrons. The number of nitrogens with zero attached hydrogens (tertiary/aromatic N) is 3. The van der Waals surface area contributed by atoms with Crippen LogP contribution in [-0.4, -0.2) is 33.8 Å². The monoisotopic (exact) mass is 519 g/mol. The minimum Gasteiger partial charge on any atom is -0.481 e. The lowest BCUT2D eigenvalue weighted by molar-refractivity contribution is -0.136. The third-order valence-corrected chi connectivity index (χ3v) is 8.51. The van der Waals surface area contributed by atoms with Gasteiger partial charge in [0.1, 0.15) is 10.3 Å². The van der Waals surface area contributed by atoms with Crippen LogP contribution in [0.3, 0.4) is 0 Å². The van der Waals surface area contributed by atoms with Crippen LogP contribution in [0.2, 0.25) is 0 Å². The minimum absolute atomic E-state index is 0.0780. The lowest BCUT2D eigenvalue weighted by Crippen LogP contribution is -2.33. The lowest BCUT2D eigenvalue weighted by atomic mass is 10.1. The maximum Gasteiger partial charge on any atom is 0.307 e. The first-order chi connectivity index (χ1) is 17.4. The van der Waals surface area contributed by atoms with E-state index >= 15 is 0 Å². The molecule has 2 aromatic carbocycles. The Morgan fingerprint density at radius 1 is 1.03 bits per heavy atom. The van der Waals surface area contributed by atoms with Crippen molar-refractivity contribution in [3.05, 3.63) is 120 Å². The van der Waals surface area contributed by atoms with Gasteiger partial charge in [0.25, 0.3) is 0 Å². The van der Waals surface area contributed by atoms with Crippen molar-refractivity contribution >= 4 is 27.3 Å². The quantitative estimate of drug-likeness (QED) is 0.277. The number of carboxylic acids is 1. The van der Waals surface area contributed by atoms with Gasteiger partial charge in [0, 0.05) is 42.6 Å². The zero-order valence-corrected chi connectivity index (χ0v) is 21.0. The fourth-order valence-electron chi connectivity index (χ4n) is 3.91. The number of pyridine rings is 1. The molecule has 0 saturated heterocycles. The first kappa shape index (κ1) is 25.4. The van der Waals surface area contributed by atoms with Crippen molar-refractivity contribution in [1.29, 1.82) is 0 Å². The number of benzene rings is 2. The average molecular weight is 520 g/mol. The van der Waals surface area contributed by atoms with Gasteiger partial charge in [0.15, 0.2) is 0 Å². The summed E-state index contributed by atoms with van der Waals surface area (Å²) in [6.45, 7) is 3.99. The highest BCUT2D eigenvalue weighted by molar-refractivity contribution is 7.89. The van der Waals surface area contributed by atoms with Crippen molar-refractivity contribution in [3.8, 4) is 10.6 Å². The standard InChI is InChI=1S/C27H25N3O4S2/c1-2-25(24-7-4-12-28-17-24)36(33,34)30(19-22-6-3-5-21(15-22)16-26(31)32)18-20-8-10-23(11-9-20)27-29-13-14-35-27/h2-15,17,25H,1,16,18-19H2,(H,31,32). The van der Waals surface area contributed by atoms with Crippen molar-refractivity contribution in [2.45, 2.75) is 24.8 Å². The van der Waals surface area contributed by atoms with Gasteiger partial charge >= 0.3 is 5.97 Å². The van der Waals surface area contributed by atoms with E-state index in [1.165, 1.54) is 27.9 Å². The summed E-state index contributed by atoms with van der Waals surface area (Å²) in [5, 5.41) is 11.0. The largest absolute Gasteiger partial charge is 0.481 e. The van der Waals surface area contributed by atoms with Crippen molar-refractivity contribution in [2.24, 2.45) is 0 Å². The van der Waals surface area contributed by atoms with Crippen LogP contribution in [0.5, 0.6) is 0 Å². The normalized spacial score (nSPS) is 12.4. The lowest BCUT2D eigenvalue weighted by Gasteiger charge is -2.27. The summed E-state index contributed by atoms with van der Waals surface area (Å²) in [4.78, 5) is 19.6. The third kappa shape index (κ3) is 6.12. The number of aliphatic carboxylic acids is 1. The zero-order chi connectivity index (χ0) is 25.5. The Hall–Kier alpha value is -3.66. The van der Waals surface area contributed by atoms with Crippen LogP contribution >= 0.6 is 11.3 Å². The molecule has 4 rings (SSSR count). The van der Waals surface area contributed by atoms with Crippen LogP contribution in [0.4, 0.5) is 0 Å². The fraction of sp³-hybridized carbons (Fsp3) is 0.148. The molecule has 36 heavy (non-hydrogen) atoms. The van der Waals surface area contributed by atoms with E-state index in [4.69, 9.17) is 5.11 Å². The second-order valence-corrected chi connectivity index (χ2v) is 11.1. The molecule has 0 bridgehead atoms. The Morgan fingerprint density at radius 2 is 1.78 bits per heavy atom. The van der Waals surface area contributed by atoms with Crippen molar-refractivity contribution in [1.82, 2.24) is 14.3 Å². The maximum absolute atomic E-state index is 13.9. The number of hydrogen-bond donors (Lipinski definition) is 1.